The number of hydrogen-bond donors (Lipinski definition) is 1. The van der Waals surface area contributed by atoms with E-state index in [1.165, 1.54) is 0 Å². The van der Waals surface area contributed by atoms with E-state index in [-0.39, 0.29) is 29.6 Å². The van der Waals surface area contributed by atoms with Gasteiger partial charge in [0, 0.05) is 0 Å². The molecule has 11 heavy (non-hydrogen) atoms. The maximum atomic E-state index is 11.0. The average Bonchev–Trinajstić information content (AvgIpc) is 1.59. The summed E-state index contributed by atoms with van der Waals surface area (Å²) in [5.74, 6) is 0. The van der Waals surface area contributed by atoms with Gasteiger partial charge in [0.15, 0.2) is 0 Å². The van der Waals surface area contributed by atoms with Gasteiger partial charge in [-0.15, -0.1) is 0 Å². The van der Waals surface area contributed by atoms with E-state index in [1.54, 1.807) is 0 Å². The molecule has 0 aromatic heterocycles. The topological polar surface area (TPSA) is 20.2 Å². The van der Waals surface area contributed by atoms with Crippen LogP contribution in [0.4, 0.5) is 26.3 Å². The van der Waals surface area contributed by atoms with Gasteiger partial charge in [-0.1, -0.05) is 0 Å². The maximum absolute atomic E-state index is 11.0. The van der Waals surface area contributed by atoms with Gasteiger partial charge in [0.2, 0.25) is 6.10 Å². The normalized spacial score (nSPS) is 13.1. The molecule has 0 bridgehead atoms. The number of aliphatic hydroxyl groups excluding tert-OH is 1. The van der Waals surface area contributed by atoms with Crippen molar-refractivity contribution in [2.75, 3.05) is 0 Å². The summed E-state index contributed by atoms with van der Waals surface area (Å²) in [6.07, 6.45) is -15.5. The summed E-state index contributed by atoms with van der Waals surface area (Å²) in [7, 11) is 0. The average molecular weight is 192 g/mol. The van der Waals surface area contributed by atoms with Gasteiger partial charge in [0.25, 0.3) is 0 Å². The van der Waals surface area contributed by atoms with E-state index < -0.39 is 18.5 Å². The first-order valence-electron chi connectivity index (χ1n) is 1.97. The first-order valence-corrected chi connectivity index (χ1v) is 1.97. The molecule has 0 rings (SSSR count). The van der Waals surface area contributed by atoms with Crippen molar-refractivity contribution in [3.63, 3.8) is 0 Å². The number of rotatable bonds is 0. The minimum atomic E-state index is -5.63. The van der Waals surface area contributed by atoms with E-state index in [1.807, 2.05) is 0 Å². The van der Waals surface area contributed by atoms with Crippen LogP contribution < -0.4 is 0 Å². The van der Waals surface area contributed by atoms with Crippen LogP contribution in [0.15, 0.2) is 0 Å². The summed E-state index contributed by atoms with van der Waals surface area (Å²) in [6, 6.07) is 0. The molecule has 0 saturated carbocycles. The first kappa shape index (κ1) is 14.1. The van der Waals surface area contributed by atoms with Crippen LogP contribution in [0.2, 0.25) is 0 Å². The van der Waals surface area contributed by atoms with Gasteiger partial charge in [-0.3, -0.25) is 0 Å². The number of alkyl halides is 6. The molecule has 0 aromatic rings. The van der Waals surface area contributed by atoms with E-state index >= 15 is 0 Å². The van der Waals surface area contributed by atoms with Gasteiger partial charge in [0.1, 0.15) is 0 Å². The van der Waals surface area contributed by atoms with Gasteiger partial charge < -0.3 is 5.11 Å². The minimum absolute atomic E-state index is 0. The Balaban J connectivity index is 0. The van der Waals surface area contributed by atoms with Crippen molar-refractivity contribution >= 4 is 29.6 Å². The predicted molar refractivity (Wildman–Crippen MR) is 25.3 cm³/mol. The summed E-state index contributed by atoms with van der Waals surface area (Å²) in [6.45, 7) is 0. The fourth-order valence-electron chi connectivity index (χ4n) is 0.186. The fraction of sp³-hybridized carbons (Fsp3) is 1.00. The van der Waals surface area contributed by atoms with Crippen LogP contribution in [-0.2, 0) is 0 Å². The third kappa shape index (κ3) is 4.89. The molecule has 0 heterocycles. The van der Waals surface area contributed by atoms with Crippen molar-refractivity contribution in [1.29, 1.82) is 0 Å². The second-order valence-corrected chi connectivity index (χ2v) is 1.49. The molecule has 8 heteroatoms. The molecule has 0 fully saturated rings. The van der Waals surface area contributed by atoms with Crippen LogP contribution >= 0.6 is 0 Å². The Hall–Kier alpha value is 0.540. The zero-order valence-corrected chi connectivity index (χ0v) is 4.29. The van der Waals surface area contributed by atoms with Crippen molar-refractivity contribution < 1.29 is 31.4 Å². The van der Waals surface area contributed by atoms with Gasteiger partial charge in [-0.2, -0.15) is 26.3 Å². The first-order chi connectivity index (χ1) is 4.15. The molecule has 0 aliphatic rings. The van der Waals surface area contributed by atoms with Gasteiger partial charge >= 0.3 is 41.9 Å². The van der Waals surface area contributed by atoms with Gasteiger partial charge in [0.05, 0.1) is 0 Å². The zero-order chi connectivity index (χ0) is 8.58. The molecular weight excluding hydrogens is 189 g/mol. The SMILES string of the molecule is OC(C(F)(F)F)C(F)(F)F.[NaH]. The Morgan fingerprint density at radius 2 is 1.00 bits per heavy atom. The third-order valence-corrected chi connectivity index (χ3v) is 0.620. The monoisotopic (exact) mass is 192 g/mol. The summed E-state index contributed by atoms with van der Waals surface area (Å²) in [4.78, 5) is 0. The van der Waals surface area contributed by atoms with Crippen LogP contribution in [0.3, 0.4) is 0 Å². The predicted octanol–water partition coefficient (Wildman–Crippen LogP) is 0.823. The standard InChI is InChI=1S/C3H2F6O.Na.H/c4-2(5,6)1(10)3(7,8)9;;/h1,10H;;. The summed E-state index contributed by atoms with van der Waals surface area (Å²) < 4.78 is 65.9. The molecule has 1 nitrogen and oxygen atoms in total. The van der Waals surface area contributed by atoms with Crippen LogP contribution in [0.1, 0.15) is 0 Å². The molecular formula is C3H3F6NaO. The molecule has 0 unspecified atom stereocenters. The molecule has 0 atom stereocenters. The third-order valence-electron chi connectivity index (χ3n) is 0.620. The van der Waals surface area contributed by atoms with Gasteiger partial charge in [-0.05, 0) is 0 Å². The number of aliphatic hydroxyl groups is 1. The zero-order valence-electron chi connectivity index (χ0n) is 4.29. The Morgan fingerprint density at radius 3 is 1.00 bits per heavy atom. The number of hydrogen-bond acceptors (Lipinski definition) is 1. The van der Waals surface area contributed by atoms with Crippen molar-refractivity contribution in [3.05, 3.63) is 0 Å². The van der Waals surface area contributed by atoms with E-state index in [0.29, 0.717) is 0 Å². The van der Waals surface area contributed by atoms with Crippen molar-refractivity contribution in [2.45, 2.75) is 18.5 Å². The molecule has 0 aliphatic heterocycles. The molecule has 0 aromatic carbocycles. The van der Waals surface area contributed by atoms with Crippen molar-refractivity contribution in [1.82, 2.24) is 0 Å². The molecule has 0 amide bonds. The molecule has 0 radical (unpaired) electrons. The summed E-state index contributed by atoms with van der Waals surface area (Å²) >= 11 is 0. The second kappa shape index (κ2) is 3.97. The molecule has 0 spiro atoms. The van der Waals surface area contributed by atoms with E-state index in [0.717, 1.165) is 0 Å². The van der Waals surface area contributed by atoms with E-state index in [2.05, 4.69) is 0 Å². The van der Waals surface area contributed by atoms with E-state index in [9.17, 15) is 26.3 Å². The molecule has 0 aliphatic carbocycles. The number of halogens is 6. The Morgan fingerprint density at radius 1 is 0.818 bits per heavy atom. The molecule has 0 saturated heterocycles. The van der Waals surface area contributed by atoms with Crippen molar-refractivity contribution in [3.8, 4) is 0 Å². The van der Waals surface area contributed by atoms with Crippen molar-refractivity contribution in [2.24, 2.45) is 0 Å². The van der Waals surface area contributed by atoms with E-state index in [4.69, 9.17) is 5.11 Å². The van der Waals surface area contributed by atoms with Gasteiger partial charge in [-0.25, -0.2) is 0 Å². The van der Waals surface area contributed by atoms with Crippen LogP contribution in [0, 0.1) is 0 Å². The summed E-state index contributed by atoms with van der Waals surface area (Å²) in [5, 5.41) is 7.47. The van der Waals surface area contributed by atoms with Crippen LogP contribution in [-0.4, -0.2) is 53.1 Å². The second-order valence-electron chi connectivity index (χ2n) is 1.49. The Kier molecular flexibility index (Phi) is 5.09. The quantitative estimate of drug-likeness (QED) is 0.445. The fourth-order valence-corrected chi connectivity index (χ4v) is 0.186. The Labute approximate surface area is 79.7 Å². The van der Waals surface area contributed by atoms with Crippen LogP contribution in [0.25, 0.3) is 0 Å². The Bertz CT molecular complexity index is 102. The summed E-state index contributed by atoms with van der Waals surface area (Å²) in [5.41, 5.74) is 0. The molecule has 64 valence electrons. The molecule has 1 N–H and O–H groups in total. The van der Waals surface area contributed by atoms with Crippen LogP contribution in [0.5, 0.6) is 0 Å².